The molecule has 0 spiro atoms. The first-order chi connectivity index (χ1) is 14.7. The zero-order valence-corrected chi connectivity index (χ0v) is 17.0. The molecule has 2 fully saturated rings. The van der Waals surface area contributed by atoms with Gasteiger partial charge in [-0.25, -0.2) is 0 Å². The number of aromatic nitrogens is 2. The lowest BCUT2D eigenvalue weighted by molar-refractivity contribution is 0.0211. The van der Waals surface area contributed by atoms with Crippen LogP contribution in [0, 0.1) is 17.2 Å². The molecule has 2 saturated heterocycles. The van der Waals surface area contributed by atoms with Crippen LogP contribution in [0.2, 0.25) is 0 Å². The van der Waals surface area contributed by atoms with Crippen molar-refractivity contribution in [1.82, 2.24) is 15.0 Å². The van der Waals surface area contributed by atoms with E-state index in [4.69, 9.17) is 19.3 Å². The van der Waals surface area contributed by atoms with Crippen molar-refractivity contribution < 1.29 is 18.8 Å². The van der Waals surface area contributed by atoms with E-state index in [-0.39, 0.29) is 11.9 Å². The van der Waals surface area contributed by atoms with Crippen LogP contribution in [0.5, 0.6) is 0 Å². The van der Waals surface area contributed by atoms with Crippen LogP contribution in [0.4, 0.5) is 0 Å². The molecule has 1 aromatic heterocycles. The maximum Gasteiger partial charge on any atom is 0.254 e. The fourth-order valence-corrected chi connectivity index (χ4v) is 3.95. The van der Waals surface area contributed by atoms with Gasteiger partial charge in [-0.05, 0) is 55.9 Å². The summed E-state index contributed by atoms with van der Waals surface area (Å²) in [7, 11) is 0. The zero-order valence-electron chi connectivity index (χ0n) is 17.0. The molecule has 8 heteroatoms. The molecule has 0 aliphatic carbocycles. The minimum atomic E-state index is -0.211. The Balaban J connectivity index is 1.31. The predicted octanol–water partition coefficient (Wildman–Crippen LogP) is 2.90. The number of ether oxygens (including phenoxy) is 2. The van der Waals surface area contributed by atoms with E-state index in [2.05, 4.69) is 16.2 Å². The summed E-state index contributed by atoms with van der Waals surface area (Å²) in [5, 5.41) is 13.0. The van der Waals surface area contributed by atoms with Gasteiger partial charge in [-0.3, -0.25) is 4.79 Å². The first kappa shape index (κ1) is 20.5. The Morgan fingerprint density at radius 1 is 1.23 bits per heavy atom. The number of benzene rings is 1. The minimum Gasteiger partial charge on any atom is -0.381 e. The van der Waals surface area contributed by atoms with Crippen LogP contribution in [0.15, 0.2) is 28.8 Å². The van der Waals surface area contributed by atoms with Gasteiger partial charge in [0.1, 0.15) is 6.04 Å². The third kappa shape index (κ3) is 4.86. The van der Waals surface area contributed by atoms with Crippen LogP contribution in [-0.2, 0) is 15.9 Å². The largest absolute Gasteiger partial charge is 0.381 e. The Morgan fingerprint density at radius 2 is 2.03 bits per heavy atom. The van der Waals surface area contributed by atoms with Crippen LogP contribution < -0.4 is 0 Å². The SMILES string of the molecule is N#Cc1ccc(C(=O)N2CCCC2c2nc(CCOCC3CCOCC3)no2)cc1. The Hall–Kier alpha value is -2.76. The van der Waals surface area contributed by atoms with Crippen LogP contribution in [0.1, 0.15) is 59.4 Å². The summed E-state index contributed by atoms with van der Waals surface area (Å²) < 4.78 is 16.6. The summed E-state index contributed by atoms with van der Waals surface area (Å²) in [5.41, 5.74) is 1.09. The quantitative estimate of drug-likeness (QED) is 0.647. The van der Waals surface area contributed by atoms with E-state index in [1.807, 2.05) is 0 Å². The highest BCUT2D eigenvalue weighted by atomic mass is 16.5. The third-order valence-corrected chi connectivity index (χ3v) is 5.71. The lowest BCUT2D eigenvalue weighted by Crippen LogP contribution is -2.30. The fraction of sp³-hybridized carbons (Fsp3) is 0.545. The van der Waals surface area contributed by atoms with Gasteiger partial charge in [-0.15, -0.1) is 0 Å². The van der Waals surface area contributed by atoms with Crippen molar-refractivity contribution in [2.45, 2.75) is 38.1 Å². The van der Waals surface area contributed by atoms with Gasteiger partial charge in [0.05, 0.1) is 18.2 Å². The van der Waals surface area contributed by atoms with Gasteiger partial charge in [-0.1, -0.05) is 5.16 Å². The summed E-state index contributed by atoms with van der Waals surface area (Å²) in [4.78, 5) is 19.2. The second kappa shape index (κ2) is 9.83. The van der Waals surface area contributed by atoms with Crippen molar-refractivity contribution in [3.8, 4) is 6.07 Å². The summed E-state index contributed by atoms with van der Waals surface area (Å²) in [6.45, 7) is 3.58. The molecule has 4 rings (SSSR count). The van der Waals surface area contributed by atoms with Gasteiger partial charge in [-0.2, -0.15) is 10.2 Å². The van der Waals surface area contributed by atoms with E-state index < -0.39 is 0 Å². The Bertz CT molecular complexity index is 883. The van der Waals surface area contributed by atoms with Crippen LogP contribution in [0.25, 0.3) is 0 Å². The van der Waals surface area contributed by atoms with Crippen molar-refractivity contribution in [3.05, 3.63) is 47.1 Å². The maximum atomic E-state index is 12.9. The number of likely N-dealkylation sites (tertiary alicyclic amines) is 1. The van der Waals surface area contributed by atoms with E-state index >= 15 is 0 Å². The number of nitriles is 1. The maximum absolute atomic E-state index is 12.9. The lowest BCUT2D eigenvalue weighted by atomic mass is 10.0. The molecular weight excluding hydrogens is 384 g/mol. The Kier molecular flexibility index (Phi) is 6.72. The molecule has 1 atom stereocenters. The molecule has 1 amide bonds. The molecule has 3 heterocycles. The molecule has 2 aliphatic rings. The van der Waals surface area contributed by atoms with Crippen molar-refractivity contribution in [2.75, 3.05) is 33.0 Å². The average molecular weight is 410 g/mol. The number of carbonyl (C=O) groups is 1. The molecule has 0 bridgehead atoms. The highest BCUT2D eigenvalue weighted by Gasteiger charge is 2.34. The smallest absolute Gasteiger partial charge is 0.254 e. The van der Waals surface area contributed by atoms with Gasteiger partial charge in [0.2, 0.25) is 5.89 Å². The number of amides is 1. The molecule has 0 radical (unpaired) electrons. The third-order valence-electron chi connectivity index (χ3n) is 5.71. The highest BCUT2D eigenvalue weighted by Crippen LogP contribution is 2.32. The van der Waals surface area contributed by atoms with Crippen molar-refractivity contribution >= 4 is 5.91 Å². The van der Waals surface area contributed by atoms with Crippen LogP contribution in [0.3, 0.4) is 0 Å². The number of nitrogens with zero attached hydrogens (tertiary/aromatic N) is 4. The van der Waals surface area contributed by atoms with Gasteiger partial charge in [0.15, 0.2) is 5.82 Å². The number of hydrogen-bond acceptors (Lipinski definition) is 7. The topological polar surface area (TPSA) is 101 Å². The van der Waals surface area contributed by atoms with E-state index in [1.165, 1.54) is 0 Å². The second-order valence-electron chi connectivity index (χ2n) is 7.78. The van der Waals surface area contributed by atoms with Crippen LogP contribution >= 0.6 is 0 Å². The molecule has 1 aromatic carbocycles. The summed E-state index contributed by atoms with van der Waals surface area (Å²) in [6, 6.07) is 8.54. The van der Waals surface area contributed by atoms with Gasteiger partial charge in [0.25, 0.3) is 5.91 Å². The summed E-state index contributed by atoms with van der Waals surface area (Å²) >= 11 is 0. The summed E-state index contributed by atoms with van der Waals surface area (Å²) in [5.74, 6) is 1.57. The van der Waals surface area contributed by atoms with Gasteiger partial charge >= 0.3 is 0 Å². The normalized spacial score (nSPS) is 19.7. The standard InChI is InChI=1S/C22H26N4O4/c23-14-16-3-5-18(6-4-16)22(27)26-10-1-2-19(26)21-24-20(25-30-21)9-13-29-15-17-7-11-28-12-8-17/h3-6,17,19H,1-2,7-13,15H2. The van der Waals surface area contributed by atoms with Crippen molar-refractivity contribution in [1.29, 1.82) is 5.26 Å². The molecule has 158 valence electrons. The Morgan fingerprint density at radius 3 is 2.80 bits per heavy atom. The molecule has 1 unspecified atom stereocenters. The predicted molar refractivity (Wildman–Crippen MR) is 107 cm³/mol. The Labute approximate surface area is 175 Å². The fourth-order valence-electron chi connectivity index (χ4n) is 3.95. The zero-order chi connectivity index (χ0) is 20.8. The highest BCUT2D eigenvalue weighted by molar-refractivity contribution is 5.94. The van der Waals surface area contributed by atoms with Crippen LogP contribution in [-0.4, -0.2) is 53.9 Å². The first-order valence-corrected chi connectivity index (χ1v) is 10.5. The monoisotopic (exact) mass is 410 g/mol. The number of rotatable bonds is 7. The van der Waals surface area contributed by atoms with E-state index in [9.17, 15) is 4.79 Å². The minimum absolute atomic E-state index is 0.0819. The van der Waals surface area contributed by atoms with E-state index in [0.717, 1.165) is 45.5 Å². The lowest BCUT2D eigenvalue weighted by Gasteiger charge is -2.22. The van der Waals surface area contributed by atoms with Gasteiger partial charge < -0.3 is 18.9 Å². The molecule has 0 N–H and O–H groups in total. The second-order valence-corrected chi connectivity index (χ2v) is 7.78. The van der Waals surface area contributed by atoms with E-state index in [0.29, 0.717) is 48.3 Å². The van der Waals surface area contributed by atoms with Crippen molar-refractivity contribution in [2.24, 2.45) is 5.92 Å². The van der Waals surface area contributed by atoms with E-state index in [1.54, 1.807) is 29.2 Å². The first-order valence-electron chi connectivity index (χ1n) is 10.5. The van der Waals surface area contributed by atoms with Gasteiger partial charge in [0, 0.05) is 38.3 Å². The number of hydrogen-bond donors (Lipinski definition) is 0. The molecule has 30 heavy (non-hydrogen) atoms. The number of carbonyl (C=O) groups excluding carboxylic acids is 1. The average Bonchev–Trinajstić information content (AvgIpc) is 3.46. The van der Waals surface area contributed by atoms with Crippen molar-refractivity contribution in [3.63, 3.8) is 0 Å². The summed E-state index contributed by atoms with van der Waals surface area (Å²) in [6.07, 6.45) is 4.37. The molecule has 2 aliphatic heterocycles. The molecular formula is C22H26N4O4. The molecule has 0 saturated carbocycles. The molecule has 8 nitrogen and oxygen atoms in total. The molecule has 2 aromatic rings.